The summed E-state index contributed by atoms with van der Waals surface area (Å²) in [7, 11) is 0. The molecule has 0 spiro atoms. The van der Waals surface area contributed by atoms with Gasteiger partial charge in [-0.15, -0.1) is 10.2 Å². The molecule has 1 fully saturated rings. The Morgan fingerprint density at radius 1 is 1.06 bits per heavy atom. The lowest BCUT2D eigenvalue weighted by atomic mass is 10.1. The quantitative estimate of drug-likeness (QED) is 0.484. The Balaban J connectivity index is 1.39. The molecule has 1 aromatic carbocycles. The summed E-state index contributed by atoms with van der Waals surface area (Å²) in [6, 6.07) is 14.6. The van der Waals surface area contributed by atoms with Crippen molar-refractivity contribution in [2.24, 2.45) is 0 Å². The highest BCUT2D eigenvalue weighted by atomic mass is 35.5. The van der Waals surface area contributed by atoms with E-state index in [-0.39, 0.29) is 30.2 Å². The van der Waals surface area contributed by atoms with Gasteiger partial charge in [-0.1, -0.05) is 36.7 Å². The van der Waals surface area contributed by atoms with Gasteiger partial charge in [0.05, 0.1) is 17.0 Å². The van der Waals surface area contributed by atoms with Crippen molar-refractivity contribution in [3.8, 4) is 11.3 Å². The van der Waals surface area contributed by atoms with E-state index in [1.807, 2.05) is 55.1 Å². The maximum absolute atomic E-state index is 13.2. The smallest absolute Gasteiger partial charge is 0.290 e. The maximum Gasteiger partial charge on any atom is 0.290 e. The van der Waals surface area contributed by atoms with Crippen LogP contribution in [-0.4, -0.2) is 70.6 Å². The molecule has 4 rings (SSSR count). The van der Waals surface area contributed by atoms with Gasteiger partial charge in [-0.2, -0.15) is 0 Å². The molecule has 3 heterocycles. The first kappa shape index (κ1) is 24.7. The SMILES string of the molecule is CCC(C)N(CC(=O)N1CCCN(c2ccc(-c3ccccc3Cl)nn2)CC1)C(=O)c1ccco1. The summed E-state index contributed by atoms with van der Waals surface area (Å²) in [5.41, 5.74) is 1.56. The number of aromatic nitrogens is 2. The molecule has 0 N–H and O–H groups in total. The second-order valence-corrected chi connectivity index (χ2v) is 9.05. The van der Waals surface area contributed by atoms with E-state index in [1.54, 1.807) is 17.0 Å². The first-order valence-electron chi connectivity index (χ1n) is 11.9. The van der Waals surface area contributed by atoms with Gasteiger partial charge in [0.25, 0.3) is 5.91 Å². The molecule has 2 amide bonds. The van der Waals surface area contributed by atoms with Gasteiger partial charge in [-0.25, -0.2) is 0 Å². The number of benzene rings is 1. The normalized spacial score (nSPS) is 14.9. The zero-order valence-electron chi connectivity index (χ0n) is 20.1. The van der Waals surface area contributed by atoms with Crippen LogP contribution in [0.1, 0.15) is 37.2 Å². The fourth-order valence-electron chi connectivity index (χ4n) is 4.14. The van der Waals surface area contributed by atoms with Crippen molar-refractivity contribution in [2.75, 3.05) is 37.6 Å². The molecule has 35 heavy (non-hydrogen) atoms. The molecular formula is C26H30ClN5O3. The van der Waals surface area contributed by atoms with E-state index < -0.39 is 0 Å². The summed E-state index contributed by atoms with van der Waals surface area (Å²) >= 11 is 6.28. The van der Waals surface area contributed by atoms with Gasteiger partial charge in [-0.05, 0) is 50.1 Å². The lowest BCUT2D eigenvalue weighted by Gasteiger charge is -2.30. The van der Waals surface area contributed by atoms with Crippen LogP contribution in [-0.2, 0) is 4.79 Å². The molecule has 1 aliphatic rings. The number of hydrogen-bond donors (Lipinski definition) is 0. The van der Waals surface area contributed by atoms with Gasteiger partial charge in [-0.3, -0.25) is 9.59 Å². The van der Waals surface area contributed by atoms with Crippen LogP contribution in [0.3, 0.4) is 0 Å². The number of carbonyl (C=O) groups is 2. The van der Waals surface area contributed by atoms with Crippen LogP contribution in [0.25, 0.3) is 11.3 Å². The number of rotatable bonds is 7. The standard InChI is InChI=1S/C26H30ClN5O3/c1-3-19(2)32(26(34)23-10-6-17-35-23)18-25(33)31-14-7-13-30(15-16-31)24-12-11-22(28-29-24)20-8-4-5-9-21(20)27/h4-6,8-12,17,19H,3,7,13-16,18H2,1-2H3. The molecule has 1 atom stereocenters. The fraction of sp³-hybridized carbons (Fsp3) is 0.385. The summed E-state index contributed by atoms with van der Waals surface area (Å²) in [5, 5.41) is 9.42. The van der Waals surface area contributed by atoms with Crippen molar-refractivity contribution >= 4 is 29.2 Å². The molecule has 9 heteroatoms. The van der Waals surface area contributed by atoms with Crippen LogP contribution in [0.2, 0.25) is 5.02 Å². The summed E-state index contributed by atoms with van der Waals surface area (Å²) in [4.78, 5) is 31.7. The van der Waals surface area contributed by atoms with Crippen molar-refractivity contribution in [2.45, 2.75) is 32.7 Å². The average Bonchev–Trinajstić information content (AvgIpc) is 3.31. The lowest BCUT2D eigenvalue weighted by molar-refractivity contribution is -0.132. The third kappa shape index (κ3) is 5.82. The lowest BCUT2D eigenvalue weighted by Crippen LogP contribution is -2.47. The van der Waals surface area contributed by atoms with E-state index in [0.29, 0.717) is 24.7 Å². The number of furan rings is 1. The molecular weight excluding hydrogens is 466 g/mol. The summed E-state index contributed by atoms with van der Waals surface area (Å²) in [6.07, 6.45) is 3.02. The van der Waals surface area contributed by atoms with Gasteiger partial charge >= 0.3 is 0 Å². The molecule has 1 unspecified atom stereocenters. The van der Waals surface area contributed by atoms with E-state index in [0.717, 1.165) is 36.5 Å². The summed E-state index contributed by atoms with van der Waals surface area (Å²) < 4.78 is 5.28. The van der Waals surface area contributed by atoms with Crippen LogP contribution in [0.5, 0.6) is 0 Å². The minimum absolute atomic E-state index is 0.0286. The number of carbonyl (C=O) groups excluding carboxylic acids is 2. The minimum atomic E-state index is -0.261. The largest absolute Gasteiger partial charge is 0.459 e. The van der Waals surface area contributed by atoms with E-state index in [9.17, 15) is 9.59 Å². The highest BCUT2D eigenvalue weighted by molar-refractivity contribution is 6.33. The molecule has 2 aromatic heterocycles. The Labute approximate surface area is 210 Å². The Bertz CT molecular complexity index is 1140. The summed E-state index contributed by atoms with van der Waals surface area (Å²) in [6.45, 7) is 6.56. The first-order valence-corrected chi connectivity index (χ1v) is 12.3. The fourth-order valence-corrected chi connectivity index (χ4v) is 4.37. The molecule has 1 saturated heterocycles. The Hall–Kier alpha value is -3.39. The number of amides is 2. The average molecular weight is 496 g/mol. The first-order chi connectivity index (χ1) is 17.0. The monoisotopic (exact) mass is 495 g/mol. The highest BCUT2D eigenvalue weighted by Crippen LogP contribution is 2.26. The van der Waals surface area contributed by atoms with Crippen molar-refractivity contribution < 1.29 is 14.0 Å². The molecule has 0 bridgehead atoms. The maximum atomic E-state index is 13.2. The molecule has 8 nitrogen and oxygen atoms in total. The topological polar surface area (TPSA) is 82.8 Å². The predicted molar refractivity (Wildman–Crippen MR) is 135 cm³/mol. The second kappa shape index (κ2) is 11.4. The van der Waals surface area contributed by atoms with E-state index in [4.69, 9.17) is 16.0 Å². The van der Waals surface area contributed by atoms with Crippen molar-refractivity contribution in [3.63, 3.8) is 0 Å². The molecule has 1 aliphatic heterocycles. The second-order valence-electron chi connectivity index (χ2n) is 8.65. The van der Waals surface area contributed by atoms with E-state index in [2.05, 4.69) is 15.1 Å². The van der Waals surface area contributed by atoms with Gasteiger partial charge in [0.15, 0.2) is 11.6 Å². The molecule has 3 aromatic rings. The number of anilines is 1. The third-order valence-electron chi connectivity index (χ3n) is 6.39. The van der Waals surface area contributed by atoms with Gasteiger partial charge in [0.2, 0.25) is 5.91 Å². The molecule has 0 saturated carbocycles. The zero-order chi connectivity index (χ0) is 24.8. The Kier molecular flexibility index (Phi) is 8.02. The molecule has 0 aliphatic carbocycles. The zero-order valence-corrected chi connectivity index (χ0v) is 20.8. The minimum Gasteiger partial charge on any atom is -0.459 e. The van der Waals surface area contributed by atoms with Crippen LogP contribution >= 0.6 is 11.6 Å². The molecule has 0 radical (unpaired) electrons. The summed E-state index contributed by atoms with van der Waals surface area (Å²) in [5.74, 6) is 0.693. The van der Waals surface area contributed by atoms with Crippen LogP contribution in [0.4, 0.5) is 5.82 Å². The van der Waals surface area contributed by atoms with Crippen LogP contribution in [0.15, 0.2) is 59.2 Å². The van der Waals surface area contributed by atoms with Gasteiger partial charge in [0.1, 0.15) is 6.54 Å². The number of nitrogens with zero attached hydrogens (tertiary/aromatic N) is 5. The van der Waals surface area contributed by atoms with Crippen molar-refractivity contribution in [1.29, 1.82) is 0 Å². The Morgan fingerprint density at radius 3 is 2.57 bits per heavy atom. The van der Waals surface area contributed by atoms with Gasteiger partial charge in [0, 0.05) is 37.8 Å². The van der Waals surface area contributed by atoms with Crippen molar-refractivity contribution in [3.05, 3.63) is 65.6 Å². The Morgan fingerprint density at radius 2 is 1.89 bits per heavy atom. The third-order valence-corrected chi connectivity index (χ3v) is 6.72. The van der Waals surface area contributed by atoms with Gasteiger partial charge < -0.3 is 19.1 Å². The van der Waals surface area contributed by atoms with Crippen LogP contribution in [0, 0.1) is 0 Å². The number of halogens is 1. The van der Waals surface area contributed by atoms with Crippen LogP contribution < -0.4 is 4.90 Å². The predicted octanol–water partition coefficient (Wildman–Crippen LogP) is 4.37. The van der Waals surface area contributed by atoms with Crippen molar-refractivity contribution in [1.82, 2.24) is 20.0 Å². The van der Waals surface area contributed by atoms with E-state index >= 15 is 0 Å². The number of hydrogen-bond acceptors (Lipinski definition) is 6. The highest BCUT2D eigenvalue weighted by Gasteiger charge is 2.28. The molecule has 184 valence electrons. The van der Waals surface area contributed by atoms with E-state index in [1.165, 1.54) is 6.26 Å².